The van der Waals surface area contributed by atoms with Crippen molar-refractivity contribution in [2.24, 2.45) is 0 Å². The van der Waals surface area contributed by atoms with Gasteiger partial charge in [-0.3, -0.25) is 4.79 Å². The number of halogens is 1. The molecule has 0 unspecified atom stereocenters. The van der Waals surface area contributed by atoms with Gasteiger partial charge in [0.25, 0.3) is 5.91 Å². The fourth-order valence-electron chi connectivity index (χ4n) is 3.14. The Bertz CT molecular complexity index is 922. The Morgan fingerprint density at radius 3 is 2.58 bits per heavy atom. The van der Waals surface area contributed by atoms with Gasteiger partial charge in [-0.25, -0.2) is 8.42 Å². The van der Waals surface area contributed by atoms with Crippen molar-refractivity contribution in [3.8, 4) is 0 Å². The zero-order valence-corrected chi connectivity index (χ0v) is 16.1. The van der Waals surface area contributed by atoms with E-state index in [1.54, 1.807) is 30.3 Å². The summed E-state index contributed by atoms with van der Waals surface area (Å²) in [4.78, 5) is 14.9. The first-order valence-corrected chi connectivity index (χ1v) is 10.9. The molecule has 1 N–H and O–H groups in total. The Hall–Kier alpha value is -2.05. The van der Waals surface area contributed by atoms with Gasteiger partial charge >= 0.3 is 0 Å². The number of rotatable bonds is 5. The molecular formula is C19H21ClN2O3S. The van der Waals surface area contributed by atoms with E-state index in [0.29, 0.717) is 21.8 Å². The number of nitrogens with one attached hydrogen (secondary N) is 1. The third kappa shape index (κ3) is 4.77. The quantitative estimate of drug-likeness (QED) is 0.841. The van der Waals surface area contributed by atoms with E-state index in [2.05, 4.69) is 10.2 Å². The highest BCUT2D eigenvalue weighted by molar-refractivity contribution is 7.89. The highest BCUT2D eigenvalue weighted by Gasteiger charge is 2.18. The van der Waals surface area contributed by atoms with Crippen LogP contribution in [0.25, 0.3) is 0 Å². The Morgan fingerprint density at radius 1 is 1.15 bits per heavy atom. The van der Waals surface area contributed by atoms with Crippen molar-refractivity contribution in [1.29, 1.82) is 0 Å². The Kier molecular flexibility index (Phi) is 5.53. The van der Waals surface area contributed by atoms with Gasteiger partial charge in [-0.05, 0) is 48.7 Å². The van der Waals surface area contributed by atoms with E-state index in [0.717, 1.165) is 31.6 Å². The number of benzene rings is 2. The molecule has 0 aromatic heterocycles. The molecule has 0 saturated carbocycles. The third-order valence-corrected chi connectivity index (χ3v) is 5.36. The molecule has 3 rings (SSSR count). The first-order valence-electron chi connectivity index (χ1n) is 8.44. The monoisotopic (exact) mass is 392 g/mol. The Labute approximate surface area is 158 Å². The molecule has 7 heteroatoms. The molecule has 26 heavy (non-hydrogen) atoms. The number of hydrogen-bond donors (Lipinski definition) is 1. The summed E-state index contributed by atoms with van der Waals surface area (Å²) in [5.74, 6) is -0.382. The minimum absolute atomic E-state index is 0.0929. The number of anilines is 2. The van der Waals surface area contributed by atoms with Crippen LogP contribution in [0.1, 0.15) is 28.8 Å². The van der Waals surface area contributed by atoms with E-state index in [1.165, 1.54) is 6.26 Å². The van der Waals surface area contributed by atoms with Crippen LogP contribution in [-0.4, -0.2) is 33.7 Å². The summed E-state index contributed by atoms with van der Waals surface area (Å²) in [6.07, 6.45) is 3.43. The van der Waals surface area contributed by atoms with Crippen LogP contribution in [0.2, 0.25) is 5.02 Å². The van der Waals surface area contributed by atoms with Gasteiger partial charge in [0.15, 0.2) is 9.84 Å². The zero-order chi connectivity index (χ0) is 18.7. The molecule has 0 spiro atoms. The maximum absolute atomic E-state index is 12.7. The molecule has 2 aromatic rings. The number of hydrogen-bond acceptors (Lipinski definition) is 4. The van der Waals surface area contributed by atoms with Crippen LogP contribution in [0, 0.1) is 0 Å². The summed E-state index contributed by atoms with van der Waals surface area (Å²) in [5.41, 5.74) is 2.62. The largest absolute Gasteiger partial charge is 0.370 e. The zero-order valence-electron chi connectivity index (χ0n) is 14.5. The van der Waals surface area contributed by atoms with Crippen LogP contribution in [0.15, 0.2) is 42.5 Å². The van der Waals surface area contributed by atoms with E-state index < -0.39 is 9.84 Å². The highest BCUT2D eigenvalue weighted by atomic mass is 35.5. The third-order valence-electron chi connectivity index (χ3n) is 4.27. The topological polar surface area (TPSA) is 66.5 Å². The van der Waals surface area contributed by atoms with Crippen LogP contribution in [0.4, 0.5) is 11.4 Å². The number of carbonyl (C=O) groups excluding carboxylic acids is 1. The Morgan fingerprint density at radius 2 is 1.88 bits per heavy atom. The van der Waals surface area contributed by atoms with E-state index in [-0.39, 0.29) is 11.7 Å². The predicted octanol–water partition coefficient (Wildman–Crippen LogP) is 3.74. The van der Waals surface area contributed by atoms with Crippen molar-refractivity contribution >= 4 is 38.7 Å². The molecule has 1 aliphatic heterocycles. The number of amides is 1. The van der Waals surface area contributed by atoms with Crippen LogP contribution >= 0.6 is 11.6 Å². The molecular weight excluding hydrogens is 372 g/mol. The van der Waals surface area contributed by atoms with E-state index >= 15 is 0 Å². The second kappa shape index (κ2) is 7.68. The van der Waals surface area contributed by atoms with Gasteiger partial charge in [0.2, 0.25) is 0 Å². The Balaban J connectivity index is 1.84. The fourth-order valence-corrected chi connectivity index (χ4v) is 4.10. The van der Waals surface area contributed by atoms with Gasteiger partial charge in [0.1, 0.15) is 0 Å². The summed E-state index contributed by atoms with van der Waals surface area (Å²) < 4.78 is 23.0. The summed E-state index contributed by atoms with van der Waals surface area (Å²) >= 11 is 6.11. The molecule has 1 aliphatic rings. The molecule has 0 radical (unpaired) electrons. The van der Waals surface area contributed by atoms with Crippen molar-refractivity contribution in [1.82, 2.24) is 0 Å². The maximum atomic E-state index is 12.7. The van der Waals surface area contributed by atoms with Gasteiger partial charge in [-0.1, -0.05) is 23.7 Å². The average molecular weight is 393 g/mol. The van der Waals surface area contributed by atoms with Crippen LogP contribution in [0.5, 0.6) is 0 Å². The number of carbonyl (C=O) groups is 1. The van der Waals surface area contributed by atoms with Crippen LogP contribution in [0.3, 0.4) is 0 Å². The molecule has 1 saturated heterocycles. The van der Waals surface area contributed by atoms with Gasteiger partial charge < -0.3 is 10.2 Å². The summed E-state index contributed by atoms with van der Waals surface area (Å²) in [5, 5.41) is 3.47. The van der Waals surface area contributed by atoms with Gasteiger partial charge in [-0.15, -0.1) is 0 Å². The molecule has 5 nitrogen and oxygen atoms in total. The summed E-state index contributed by atoms with van der Waals surface area (Å²) in [6, 6.07) is 12.1. The van der Waals surface area contributed by atoms with Gasteiger partial charge in [0.05, 0.1) is 17.1 Å². The van der Waals surface area contributed by atoms with Gasteiger partial charge in [0, 0.05) is 29.9 Å². The second-order valence-corrected chi connectivity index (χ2v) is 9.16. The molecule has 2 aromatic carbocycles. The lowest BCUT2D eigenvalue weighted by atomic mass is 10.1. The van der Waals surface area contributed by atoms with E-state index in [9.17, 15) is 13.2 Å². The fraction of sp³-hybridized carbons (Fsp3) is 0.316. The minimum atomic E-state index is -3.16. The van der Waals surface area contributed by atoms with Crippen LogP contribution in [-0.2, 0) is 15.6 Å². The van der Waals surface area contributed by atoms with E-state index in [1.807, 2.05) is 12.1 Å². The summed E-state index contributed by atoms with van der Waals surface area (Å²) in [7, 11) is -3.16. The van der Waals surface area contributed by atoms with Crippen molar-refractivity contribution in [2.45, 2.75) is 18.6 Å². The molecule has 0 bridgehead atoms. The molecule has 0 atom stereocenters. The number of nitrogens with zero attached hydrogens (tertiary/aromatic N) is 1. The average Bonchev–Trinajstić information content (AvgIpc) is 3.08. The molecule has 1 heterocycles. The molecule has 1 amide bonds. The minimum Gasteiger partial charge on any atom is -0.370 e. The SMILES string of the molecule is CS(=O)(=O)Cc1cccc(C(=O)Nc2cc(Cl)ccc2N2CCCC2)c1. The first kappa shape index (κ1) is 18.7. The lowest BCUT2D eigenvalue weighted by Gasteiger charge is -2.22. The van der Waals surface area contributed by atoms with Crippen LogP contribution < -0.4 is 10.2 Å². The number of sulfone groups is 1. The van der Waals surface area contributed by atoms with Crippen molar-refractivity contribution in [3.63, 3.8) is 0 Å². The maximum Gasteiger partial charge on any atom is 0.255 e. The predicted molar refractivity (Wildman–Crippen MR) is 106 cm³/mol. The molecule has 1 fully saturated rings. The normalized spacial score (nSPS) is 14.5. The summed E-state index contributed by atoms with van der Waals surface area (Å²) in [6.45, 7) is 1.91. The highest BCUT2D eigenvalue weighted by Crippen LogP contribution is 2.32. The van der Waals surface area contributed by atoms with Crippen molar-refractivity contribution in [3.05, 3.63) is 58.6 Å². The molecule has 0 aliphatic carbocycles. The lowest BCUT2D eigenvalue weighted by molar-refractivity contribution is 0.102. The van der Waals surface area contributed by atoms with Crippen molar-refractivity contribution in [2.75, 3.05) is 29.6 Å². The van der Waals surface area contributed by atoms with Crippen molar-refractivity contribution < 1.29 is 13.2 Å². The van der Waals surface area contributed by atoms with Gasteiger partial charge in [-0.2, -0.15) is 0 Å². The van der Waals surface area contributed by atoms with E-state index in [4.69, 9.17) is 11.6 Å². The molecule has 138 valence electrons. The smallest absolute Gasteiger partial charge is 0.255 e. The standard InChI is InChI=1S/C19H21ClN2O3S/c1-26(24,25)13-14-5-4-6-15(11-14)19(23)21-17-12-16(20)7-8-18(17)22-9-2-3-10-22/h4-8,11-12H,2-3,9-10,13H2,1H3,(H,21,23). The lowest BCUT2D eigenvalue weighted by Crippen LogP contribution is -2.21. The first-order chi connectivity index (χ1) is 12.3. The second-order valence-electron chi connectivity index (χ2n) is 6.58.